The summed E-state index contributed by atoms with van der Waals surface area (Å²) in [5.41, 5.74) is 6.51. The SMILES string of the molecule is CCCCOCCN(C(=O)[C@@H]1CC[C@H](CN)O1)c1cccc(Br)c1. The minimum Gasteiger partial charge on any atom is -0.380 e. The first-order valence-electron chi connectivity index (χ1n) is 8.66. The molecule has 1 heterocycles. The Morgan fingerprint density at radius 3 is 2.92 bits per heavy atom. The summed E-state index contributed by atoms with van der Waals surface area (Å²) in [6.07, 6.45) is 3.28. The number of halogens is 1. The highest BCUT2D eigenvalue weighted by molar-refractivity contribution is 9.10. The molecule has 1 aliphatic heterocycles. The van der Waals surface area contributed by atoms with Gasteiger partial charge in [-0.25, -0.2) is 0 Å². The van der Waals surface area contributed by atoms with Crippen LogP contribution in [0.5, 0.6) is 0 Å². The zero-order chi connectivity index (χ0) is 17.4. The molecule has 6 heteroatoms. The quantitative estimate of drug-likeness (QED) is 0.649. The summed E-state index contributed by atoms with van der Waals surface area (Å²) >= 11 is 3.47. The Hall–Kier alpha value is -0.950. The molecule has 2 rings (SSSR count). The van der Waals surface area contributed by atoms with Crippen LogP contribution in [0.1, 0.15) is 32.6 Å². The summed E-state index contributed by atoms with van der Waals surface area (Å²) in [7, 11) is 0. The van der Waals surface area contributed by atoms with E-state index in [1.54, 1.807) is 4.90 Å². The number of nitrogens with two attached hydrogens (primary N) is 1. The highest BCUT2D eigenvalue weighted by Crippen LogP contribution is 2.25. The van der Waals surface area contributed by atoms with E-state index in [-0.39, 0.29) is 12.0 Å². The molecule has 134 valence electrons. The summed E-state index contributed by atoms with van der Waals surface area (Å²) < 4.78 is 12.4. The first-order valence-corrected chi connectivity index (χ1v) is 9.45. The van der Waals surface area contributed by atoms with Gasteiger partial charge in [0.15, 0.2) is 0 Å². The van der Waals surface area contributed by atoms with E-state index in [4.69, 9.17) is 15.2 Å². The van der Waals surface area contributed by atoms with Crippen LogP contribution in [0.25, 0.3) is 0 Å². The highest BCUT2D eigenvalue weighted by atomic mass is 79.9. The number of anilines is 1. The fourth-order valence-electron chi connectivity index (χ4n) is 2.75. The third-order valence-corrected chi connectivity index (χ3v) is 4.63. The van der Waals surface area contributed by atoms with Gasteiger partial charge in [0.25, 0.3) is 5.91 Å². The molecule has 0 spiro atoms. The third kappa shape index (κ3) is 5.55. The van der Waals surface area contributed by atoms with E-state index in [1.165, 1.54) is 0 Å². The number of rotatable bonds is 9. The Morgan fingerprint density at radius 1 is 1.42 bits per heavy atom. The van der Waals surface area contributed by atoms with Crippen molar-refractivity contribution in [2.45, 2.75) is 44.8 Å². The Morgan fingerprint density at radius 2 is 2.25 bits per heavy atom. The average Bonchev–Trinajstić information content (AvgIpc) is 3.07. The van der Waals surface area contributed by atoms with E-state index in [0.717, 1.165) is 42.5 Å². The standard InChI is InChI=1S/C18H27BrN2O3/c1-2-3-10-23-11-9-21(15-6-4-5-14(19)12-15)18(22)17-8-7-16(13-20)24-17/h4-6,12,16-17H,2-3,7-11,13,20H2,1H3/t16-,17+/m1/s1. The molecule has 24 heavy (non-hydrogen) atoms. The molecule has 2 atom stereocenters. The van der Waals surface area contributed by atoms with Gasteiger partial charge in [-0.05, 0) is 37.5 Å². The Kier molecular flexibility index (Phi) is 8.18. The van der Waals surface area contributed by atoms with Gasteiger partial charge in [0.1, 0.15) is 6.10 Å². The van der Waals surface area contributed by atoms with Crippen LogP contribution in [0.15, 0.2) is 28.7 Å². The van der Waals surface area contributed by atoms with Crippen molar-refractivity contribution in [1.29, 1.82) is 0 Å². The van der Waals surface area contributed by atoms with E-state index in [2.05, 4.69) is 22.9 Å². The molecule has 0 aliphatic carbocycles. The largest absolute Gasteiger partial charge is 0.380 e. The van der Waals surface area contributed by atoms with Crippen molar-refractivity contribution in [2.75, 3.05) is 31.2 Å². The van der Waals surface area contributed by atoms with Gasteiger partial charge in [0, 0.05) is 29.9 Å². The zero-order valence-electron chi connectivity index (χ0n) is 14.2. The average molecular weight is 399 g/mol. The third-order valence-electron chi connectivity index (χ3n) is 4.13. The molecule has 2 N–H and O–H groups in total. The smallest absolute Gasteiger partial charge is 0.256 e. The van der Waals surface area contributed by atoms with Gasteiger partial charge in [-0.15, -0.1) is 0 Å². The number of nitrogens with zero attached hydrogens (tertiary/aromatic N) is 1. The number of hydrogen-bond donors (Lipinski definition) is 1. The lowest BCUT2D eigenvalue weighted by molar-refractivity contribution is -0.129. The van der Waals surface area contributed by atoms with Gasteiger partial charge < -0.3 is 20.1 Å². The number of carbonyl (C=O) groups is 1. The fourth-order valence-corrected chi connectivity index (χ4v) is 3.14. The van der Waals surface area contributed by atoms with Gasteiger partial charge in [0.05, 0.1) is 12.7 Å². The second kappa shape index (κ2) is 10.1. The van der Waals surface area contributed by atoms with Gasteiger partial charge in [0.2, 0.25) is 0 Å². The summed E-state index contributed by atoms with van der Waals surface area (Å²) in [5.74, 6) is -0.0110. The van der Waals surface area contributed by atoms with Gasteiger partial charge in [-0.1, -0.05) is 35.3 Å². The number of amides is 1. The van der Waals surface area contributed by atoms with Gasteiger partial charge >= 0.3 is 0 Å². The van der Waals surface area contributed by atoms with Crippen LogP contribution in [0.2, 0.25) is 0 Å². The highest BCUT2D eigenvalue weighted by Gasteiger charge is 2.33. The lowest BCUT2D eigenvalue weighted by Crippen LogP contribution is -2.41. The molecule has 1 saturated heterocycles. The van der Waals surface area contributed by atoms with Crippen LogP contribution >= 0.6 is 15.9 Å². The van der Waals surface area contributed by atoms with E-state index >= 15 is 0 Å². The van der Waals surface area contributed by atoms with Crippen molar-refractivity contribution in [3.63, 3.8) is 0 Å². The van der Waals surface area contributed by atoms with E-state index in [0.29, 0.717) is 19.7 Å². The summed E-state index contributed by atoms with van der Waals surface area (Å²) in [6.45, 7) is 4.36. The molecule has 0 saturated carbocycles. The van der Waals surface area contributed by atoms with Crippen molar-refractivity contribution in [3.8, 4) is 0 Å². The lowest BCUT2D eigenvalue weighted by Gasteiger charge is -2.26. The molecule has 1 aliphatic rings. The number of ether oxygens (including phenoxy) is 2. The number of hydrogen-bond acceptors (Lipinski definition) is 4. The van der Waals surface area contributed by atoms with Crippen LogP contribution in [0, 0.1) is 0 Å². The normalized spacial score (nSPS) is 20.3. The van der Waals surface area contributed by atoms with Crippen molar-refractivity contribution in [3.05, 3.63) is 28.7 Å². The van der Waals surface area contributed by atoms with Crippen LogP contribution in [-0.4, -0.2) is 44.4 Å². The second-order valence-electron chi connectivity index (χ2n) is 6.00. The number of benzene rings is 1. The molecule has 0 radical (unpaired) electrons. The molecule has 1 aromatic rings. The predicted octanol–water partition coefficient (Wildman–Crippen LogP) is 3.11. The van der Waals surface area contributed by atoms with Crippen LogP contribution in [0.3, 0.4) is 0 Å². The predicted molar refractivity (Wildman–Crippen MR) is 99.2 cm³/mol. The zero-order valence-corrected chi connectivity index (χ0v) is 15.8. The van der Waals surface area contributed by atoms with Crippen molar-refractivity contribution >= 4 is 27.5 Å². The fraction of sp³-hybridized carbons (Fsp3) is 0.611. The molecule has 0 unspecified atom stereocenters. The molecule has 5 nitrogen and oxygen atoms in total. The molecular weight excluding hydrogens is 372 g/mol. The van der Waals surface area contributed by atoms with Crippen molar-refractivity contribution < 1.29 is 14.3 Å². The Bertz CT molecular complexity index is 527. The molecule has 0 bridgehead atoms. The first kappa shape index (κ1) is 19.4. The topological polar surface area (TPSA) is 64.8 Å². The van der Waals surface area contributed by atoms with Crippen LogP contribution in [-0.2, 0) is 14.3 Å². The maximum absolute atomic E-state index is 12.9. The second-order valence-corrected chi connectivity index (χ2v) is 6.91. The minimum atomic E-state index is -0.409. The van der Waals surface area contributed by atoms with Crippen LogP contribution in [0.4, 0.5) is 5.69 Å². The Labute approximate surface area is 152 Å². The lowest BCUT2D eigenvalue weighted by atomic mass is 10.1. The molecular formula is C18H27BrN2O3. The number of unbranched alkanes of at least 4 members (excludes halogenated alkanes) is 1. The summed E-state index contributed by atoms with van der Waals surface area (Å²) in [5, 5.41) is 0. The molecule has 1 aromatic carbocycles. The molecule has 0 aromatic heterocycles. The minimum absolute atomic E-state index is 0.0101. The maximum atomic E-state index is 12.9. The van der Waals surface area contributed by atoms with Crippen LogP contribution < -0.4 is 10.6 Å². The first-order chi connectivity index (χ1) is 11.7. The van der Waals surface area contributed by atoms with Gasteiger partial charge in [-0.3, -0.25) is 4.79 Å². The van der Waals surface area contributed by atoms with Gasteiger partial charge in [-0.2, -0.15) is 0 Å². The van der Waals surface area contributed by atoms with E-state index < -0.39 is 6.10 Å². The molecule has 1 fully saturated rings. The van der Waals surface area contributed by atoms with E-state index in [9.17, 15) is 4.79 Å². The monoisotopic (exact) mass is 398 g/mol. The maximum Gasteiger partial charge on any atom is 0.256 e. The Balaban J connectivity index is 2.03. The summed E-state index contributed by atoms with van der Waals surface area (Å²) in [6, 6.07) is 7.75. The number of carbonyl (C=O) groups excluding carboxylic acids is 1. The van der Waals surface area contributed by atoms with Crippen molar-refractivity contribution in [1.82, 2.24) is 0 Å². The molecule has 1 amide bonds. The van der Waals surface area contributed by atoms with E-state index in [1.807, 2.05) is 24.3 Å². The van der Waals surface area contributed by atoms with Crippen molar-refractivity contribution in [2.24, 2.45) is 5.73 Å². The summed E-state index contributed by atoms with van der Waals surface area (Å²) in [4.78, 5) is 14.7.